The van der Waals surface area contributed by atoms with Crippen LogP contribution in [0.2, 0.25) is 0 Å². The fourth-order valence-electron chi connectivity index (χ4n) is 3.64. The van der Waals surface area contributed by atoms with Gasteiger partial charge in [0.2, 0.25) is 5.91 Å². The maximum atomic E-state index is 11.6. The first-order valence-electron chi connectivity index (χ1n) is 8.29. The minimum Gasteiger partial charge on any atom is -0.390 e. The van der Waals surface area contributed by atoms with Gasteiger partial charge in [0.05, 0.1) is 12.4 Å². The summed E-state index contributed by atoms with van der Waals surface area (Å²) in [5.41, 5.74) is 0. The number of hydrogen-bond donors (Lipinski definition) is 1. The fourth-order valence-corrected chi connectivity index (χ4v) is 3.64. The van der Waals surface area contributed by atoms with Gasteiger partial charge in [-0.05, 0) is 25.3 Å². The zero-order valence-electron chi connectivity index (χ0n) is 13.3. The summed E-state index contributed by atoms with van der Waals surface area (Å²) in [7, 11) is 0. The van der Waals surface area contributed by atoms with Crippen molar-refractivity contribution in [1.82, 2.24) is 19.4 Å². The molecule has 2 aliphatic rings. The smallest absolute Gasteiger partial charge is 0.222 e. The Labute approximate surface area is 131 Å². The number of aromatic nitrogens is 2. The Morgan fingerprint density at radius 1 is 1.41 bits per heavy atom. The van der Waals surface area contributed by atoms with Gasteiger partial charge in [-0.2, -0.15) is 0 Å². The molecule has 2 aliphatic heterocycles. The summed E-state index contributed by atoms with van der Waals surface area (Å²) in [6.07, 6.45) is 7.94. The second-order valence-corrected chi connectivity index (χ2v) is 6.70. The molecule has 3 unspecified atom stereocenters. The number of piperidine rings is 1. The number of amides is 1. The first-order chi connectivity index (χ1) is 10.6. The SMILES string of the molecule is CC1CCN(CC(O)CN2CCCC2=O)CC1n1ccnc1. The number of likely N-dealkylation sites (tertiary alicyclic amines) is 2. The zero-order chi connectivity index (χ0) is 15.5. The first-order valence-corrected chi connectivity index (χ1v) is 8.29. The Balaban J connectivity index is 1.53. The van der Waals surface area contributed by atoms with Crippen molar-refractivity contribution in [3.8, 4) is 0 Å². The number of nitrogens with zero attached hydrogens (tertiary/aromatic N) is 4. The highest BCUT2D eigenvalue weighted by Crippen LogP contribution is 2.27. The molecule has 0 radical (unpaired) electrons. The van der Waals surface area contributed by atoms with E-state index in [1.54, 1.807) is 4.90 Å². The second-order valence-electron chi connectivity index (χ2n) is 6.70. The molecule has 3 rings (SSSR count). The predicted octanol–water partition coefficient (Wildman–Crippen LogP) is 0.749. The van der Waals surface area contributed by atoms with Crippen LogP contribution in [0.15, 0.2) is 18.7 Å². The number of carbonyl (C=O) groups excluding carboxylic acids is 1. The van der Waals surface area contributed by atoms with Crippen LogP contribution in [-0.2, 0) is 4.79 Å². The highest BCUT2D eigenvalue weighted by Gasteiger charge is 2.29. The van der Waals surface area contributed by atoms with Gasteiger partial charge in [0, 0.05) is 51.0 Å². The van der Waals surface area contributed by atoms with Gasteiger partial charge in [-0.15, -0.1) is 0 Å². The van der Waals surface area contributed by atoms with Gasteiger partial charge >= 0.3 is 0 Å². The minimum absolute atomic E-state index is 0.183. The highest BCUT2D eigenvalue weighted by molar-refractivity contribution is 5.78. The first kappa shape index (κ1) is 15.5. The quantitative estimate of drug-likeness (QED) is 0.872. The number of aliphatic hydroxyl groups is 1. The van der Waals surface area contributed by atoms with Crippen LogP contribution in [0.1, 0.15) is 32.2 Å². The minimum atomic E-state index is -0.459. The Bertz CT molecular complexity index is 490. The van der Waals surface area contributed by atoms with Crippen molar-refractivity contribution in [3.63, 3.8) is 0 Å². The topological polar surface area (TPSA) is 61.6 Å². The molecule has 0 aliphatic carbocycles. The van der Waals surface area contributed by atoms with Crippen molar-refractivity contribution in [1.29, 1.82) is 0 Å². The zero-order valence-corrected chi connectivity index (χ0v) is 13.3. The molecule has 2 fully saturated rings. The fraction of sp³-hybridized carbons (Fsp3) is 0.750. The largest absolute Gasteiger partial charge is 0.390 e. The van der Waals surface area contributed by atoms with E-state index in [0.29, 0.717) is 31.5 Å². The van der Waals surface area contributed by atoms with Crippen LogP contribution in [0.25, 0.3) is 0 Å². The van der Waals surface area contributed by atoms with Crippen LogP contribution in [-0.4, -0.2) is 69.2 Å². The van der Waals surface area contributed by atoms with Crippen molar-refractivity contribution in [3.05, 3.63) is 18.7 Å². The number of carbonyl (C=O) groups is 1. The summed E-state index contributed by atoms with van der Waals surface area (Å²) in [5, 5.41) is 10.3. The van der Waals surface area contributed by atoms with E-state index >= 15 is 0 Å². The maximum Gasteiger partial charge on any atom is 0.222 e. The molecule has 1 aromatic rings. The summed E-state index contributed by atoms with van der Waals surface area (Å²) in [4.78, 5) is 19.9. The van der Waals surface area contributed by atoms with Crippen LogP contribution in [0.3, 0.4) is 0 Å². The molecular weight excluding hydrogens is 280 g/mol. The molecule has 1 amide bonds. The molecule has 0 aromatic carbocycles. The summed E-state index contributed by atoms with van der Waals surface area (Å²) in [5.74, 6) is 0.797. The molecular formula is C16H26N4O2. The van der Waals surface area contributed by atoms with E-state index < -0.39 is 6.10 Å². The molecule has 22 heavy (non-hydrogen) atoms. The molecule has 6 heteroatoms. The Morgan fingerprint density at radius 2 is 2.27 bits per heavy atom. The molecule has 1 N–H and O–H groups in total. The lowest BCUT2D eigenvalue weighted by atomic mass is 9.93. The summed E-state index contributed by atoms with van der Waals surface area (Å²) >= 11 is 0. The summed E-state index contributed by atoms with van der Waals surface area (Å²) in [6, 6.07) is 0.414. The lowest BCUT2D eigenvalue weighted by Crippen LogP contribution is -2.46. The van der Waals surface area contributed by atoms with E-state index in [1.807, 2.05) is 18.7 Å². The van der Waals surface area contributed by atoms with Gasteiger partial charge in [-0.1, -0.05) is 6.92 Å². The van der Waals surface area contributed by atoms with Crippen LogP contribution in [0.4, 0.5) is 0 Å². The van der Waals surface area contributed by atoms with Crippen molar-refractivity contribution in [2.45, 2.75) is 38.3 Å². The molecule has 6 nitrogen and oxygen atoms in total. The molecule has 3 atom stereocenters. The summed E-state index contributed by atoms with van der Waals surface area (Å²) < 4.78 is 2.17. The van der Waals surface area contributed by atoms with Crippen molar-refractivity contribution >= 4 is 5.91 Å². The standard InChI is InChI=1S/C16H26N4O2/c1-13-4-7-18(11-15(13)20-8-5-17-12-20)9-14(21)10-19-6-2-3-16(19)22/h5,8,12-15,21H,2-4,6-7,9-11H2,1H3. The molecule has 3 heterocycles. The van der Waals surface area contributed by atoms with Gasteiger partial charge < -0.3 is 14.6 Å². The predicted molar refractivity (Wildman–Crippen MR) is 83.3 cm³/mol. The van der Waals surface area contributed by atoms with E-state index in [0.717, 1.165) is 32.5 Å². The van der Waals surface area contributed by atoms with Crippen LogP contribution >= 0.6 is 0 Å². The Hall–Kier alpha value is -1.40. The third-order valence-electron chi connectivity index (χ3n) is 4.98. The lowest BCUT2D eigenvalue weighted by Gasteiger charge is -2.38. The molecule has 0 spiro atoms. The molecule has 0 bridgehead atoms. The van der Waals surface area contributed by atoms with Gasteiger partial charge in [0.15, 0.2) is 0 Å². The molecule has 0 saturated carbocycles. The molecule has 1 aromatic heterocycles. The highest BCUT2D eigenvalue weighted by atomic mass is 16.3. The number of aliphatic hydroxyl groups excluding tert-OH is 1. The molecule has 2 saturated heterocycles. The monoisotopic (exact) mass is 306 g/mol. The average molecular weight is 306 g/mol. The van der Waals surface area contributed by atoms with Crippen molar-refractivity contribution < 1.29 is 9.90 Å². The van der Waals surface area contributed by atoms with Gasteiger partial charge in [-0.25, -0.2) is 4.98 Å². The normalized spacial score (nSPS) is 28.3. The van der Waals surface area contributed by atoms with Crippen LogP contribution in [0, 0.1) is 5.92 Å². The van der Waals surface area contributed by atoms with E-state index in [2.05, 4.69) is 21.4 Å². The number of rotatable bonds is 5. The van der Waals surface area contributed by atoms with Crippen LogP contribution < -0.4 is 0 Å². The third-order valence-corrected chi connectivity index (χ3v) is 4.98. The molecule has 122 valence electrons. The van der Waals surface area contributed by atoms with Gasteiger partial charge in [0.25, 0.3) is 0 Å². The maximum absolute atomic E-state index is 11.6. The van der Waals surface area contributed by atoms with E-state index in [4.69, 9.17) is 0 Å². The Kier molecular flexibility index (Phi) is 4.78. The number of imidazole rings is 1. The van der Waals surface area contributed by atoms with E-state index in [-0.39, 0.29) is 5.91 Å². The lowest BCUT2D eigenvalue weighted by molar-refractivity contribution is -0.129. The number of hydrogen-bond acceptors (Lipinski definition) is 4. The van der Waals surface area contributed by atoms with Crippen molar-refractivity contribution in [2.24, 2.45) is 5.92 Å². The van der Waals surface area contributed by atoms with Gasteiger partial charge in [0.1, 0.15) is 0 Å². The van der Waals surface area contributed by atoms with E-state index in [1.165, 1.54) is 0 Å². The van der Waals surface area contributed by atoms with Crippen LogP contribution in [0.5, 0.6) is 0 Å². The van der Waals surface area contributed by atoms with E-state index in [9.17, 15) is 9.90 Å². The number of β-amino-alcohol motifs (C(OH)–C–C–N with tert-alkyl or cyclic N) is 1. The Morgan fingerprint density at radius 3 is 2.95 bits per heavy atom. The van der Waals surface area contributed by atoms with Gasteiger partial charge in [-0.3, -0.25) is 9.69 Å². The third kappa shape index (κ3) is 3.50. The van der Waals surface area contributed by atoms with Crippen molar-refractivity contribution in [2.75, 3.05) is 32.7 Å². The summed E-state index contributed by atoms with van der Waals surface area (Å²) in [6.45, 7) is 6.13. The average Bonchev–Trinajstić information content (AvgIpc) is 3.14. The second kappa shape index (κ2) is 6.79.